The summed E-state index contributed by atoms with van der Waals surface area (Å²) in [4.78, 5) is 36.7. The third-order valence-electron chi connectivity index (χ3n) is 3.44. The first-order valence-electron chi connectivity index (χ1n) is 6.86. The fourth-order valence-corrected chi connectivity index (χ4v) is 3.72. The Kier molecular flexibility index (Phi) is 4.11. The van der Waals surface area contributed by atoms with E-state index in [9.17, 15) is 14.4 Å². The van der Waals surface area contributed by atoms with Gasteiger partial charge in [0, 0.05) is 10.9 Å². The zero-order valence-electron chi connectivity index (χ0n) is 12.2. The van der Waals surface area contributed by atoms with Crippen molar-refractivity contribution in [1.82, 2.24) is 10.5 Å². The first kappa shape index (κ1) is 15.2. The maximum Gasteiger partial charge on any atom is 0.413 e. The number of aryl methyl sites for hydroxylation is 1. The highest BCUT2D eigenvalue weighted by atomic mass is 32.1. The number of methoxy groups -OCH3 is 1. The second-order valence-electron chi connectivity index (χ2n) is 4.84. The third-order valence-corrected chi connectivity index (χ3v) is 4.65. The Bertz CT molecular complexity index is 766. The topological polar surface area (TPSA) is 111 Å². The van der Waals surface area contributed by atoms with Crippen LogP contribution >= 0.6 is 11.3 Å². The molecule has 9 heteroatoms. The Labute approximate surface area is 134 Å². The predicted molar refractivity (Wildman–Crippen MR) is 80.7 cm³/mol. The minimum absolute atomic E-state index is 0.0397. The molecule has 3 rings (SSSR count). The summed E-state index contributed by atoms with van der Waals surface area (Å²) in [6.45, 7) is 0. The highest BCUT2D eigenvalue weighted by Crippen LogP contribution is 2.39. The van der Waals surface area contributed by atoms with Gasteiger partial charge in [-0.05, 0) is 24.8 Å². The maximum absolute atomic E-state index is 12.3. The number of carbonyl (C=O) groups is 3. The van der Waals surface area contributed by atoms with E-state index in [0.29, 0.717) is 10.6 Å². The number of imide groups is 1. The highest BCUT2D eigenvalue weighted by Gasteiger charge is 2.29. The van der Waals surface area contributed by atoms with Gasteiger partial charge in [-0.1, -0.05) is 5.16 Å². The molecule has 0 aromatic carbocycles. The molecule has 0 bridgehead atoms. The fourth-order valence-electron chi connectivity index (χ4n) is 2.44. The first-order valence-corrected chi connectivity index (χ1v) is 7.67. The number of nitrogens with zero attached hydrogens (tertiary/aromatic N) is 1. The molecule has 23 heavy (non-hydrogen) atoms. The fraction of sp³-hybridized carbons (Fsp3) is 0.286. The molecule has 120 valence electrons. The van der Waals surface area contributed by atoms with Crippen molar-refractivity contribution in [2.45, 2.75) is 19.3 Å². The molecular formula is C14H13N3O5S. The second kappa shape index (κ2) is 6.21. The molecule has 2 aromatic heterocycles. The number of thiophene rings is 1. The number of hydrogen-bond donors (Lipinski definition) is 2. The van der Waals surface area contributed by atoms with Gasteiger partial charge < -0.3 is 14.6 Å². The number of carbonyl (C=O) groups excluding carboxylic acids is 3. The summed E-state index contributed by atoms with van der Waals surface area (Å²) >= 11 is 1.33. The van der Waals surface area contributed by atoms with E-state index in [2.05, 4.69) is 20.5 Å². The maximum atomic E-state index is 12.3. The summed E-state index contributed by atoms with van der Waals surface area (Å²) in [7, 11) is 1.17. The van der Waals surface area contributed by atoms with E-state index in [1.54, 1.807) is 0 Å². The number of hydrogen-bond acceptors (Lipinski definition) is 7. The van der Waals surface area contributed by atoms with Gasteiger partial charge in [0.25, 0.3) is 11.8 Å². The number of alkyl carbamates (subject to hydrolysis) is 1. The summed E-state index contributed by atoms with van der Waals surface area (Å²) in [6, 6.07) is 1.42. The predicted octanol–water partition coefficient (Wildman–Crippen LogP) is 1.97. The molecule has 0 fully saturated rings. The largest absolute Gasteiger partial charge is 0.453 e. The van der Waals surface area contributed by atoms with Crippen molar-refractivity contribution in [3.8, 4) is 0 Å². The van der Waals surface area contributed by atoms with Crippen LogP contribution in [-0.2, 0) is 17.6 Å². The molecule has 2 N–H and O–H groups in total. The summed E-state index contributed by atoms with van der Waals surface area (Å²) < 4.78 is 9.24. The van der Waals surface area contributed by atoms with E-state index in [0.717, 1.165) is 29.7 Å². The van der Waals surface area contributed by atoms with Crippen LogP contribution in [0.25, 0.3) is 0 Å². The third kappa shape index (κ3) is 2.95. The Morgan fingerprint density at radius 3 is 2.83 bits per heavy atom. The van der Waals surface area contributed by atoms with Crippen LogP contribution in [0.3, 0.4) is 0 Å². The van der Waals surface area contributed by atoms with Gasteiger partial charge >= 0.3 is 6.09 Å². The van der Waals surface area contributed by atoms with Crippen LogP contribution in [0.4, 0.5) is 9.80 Å². The van der Waals surface area contributed by atoms with Gasteiger partial charge in [0.2, 0.25) is 5.76 Å². The highest BCUT2D eigenvalue weighted by molar-refractivity contribution is 7.17. The number of rotatable bonds is 3. The van der Waals surface area contributed by atoms with E-state index in [-0.39, 0.29) is 5.76 Å². The van der Waals surface area contributed by atoms with Crippen LogP contribution in [-0.4, -0.2) is 30.2 Å². The molecule has 1 aliphatic rings. The normalized spacial score (nSPS) is 12.6. The number of aromatic nitrogens is 1. The lowest BCUT2D eigenvalue weighted by molar-refractivity contribution is 0.0937. The summed E-state index contributed by atoms with van der Waals surface area (Å²) in [5, 5.41) is 8.63. The SMILES string of the molecule is COC(=O)NC(=O)c1c(NC(=O)c2ccno2)sc2c1CCC2. The van der Waals surface area contributed by atoms with Gasteiger partial charge in [0.15, 0.2) is 0 Å². The molecule has 3 amide bonds. The standard InChI is InChI=1S/C14H13N3O5S/c1-21-14(20)17-12(19)10-7-3-2-4-9(7)23-13(10)16-11(18)8-5-6-15-22-8/h5-6H,2-4H2,1H3,(H,16,18)(H,17,19,20). The van der Waals surface area contributed by atoms with Gasteiger partial charge in [-0.15, -0.1) is 11.3 Å². The molecule has 0 spiro atoms. The van der Waals surface area contributed by atoms with E-state index < -0.39 is 17.9 Å². The quantitative estimate of drug-likeness (QED) is 0.887. The first-order chi connectivity index (χ1) is 11.1. The van der Waals surface area contributed by atoms with E-state index in [1.165, 1.54) is 30.7 Å². The van der Waals surface area contributed by atoms with Crippen molar-refractivity contribution >= 4 is 34.2 Å². The van der Waals surface area contributed by atoms with Crippen molar-refractivity contribution in [1.29, 1.82) is 0 Å². The Morgan fingerprint density at radius 2 is 2.13 bits per heavy atom. The average Bonchev–Trinajstić information content (AvgIpc) is 3.23. The molecule has 1 aliphatic carbocycles. The zero-order chi connectivity index (χ0) is 16.4. The van der Waals surface area contributed by atoms with E-state index in [1.807, 2.05) is 0 Å². The van der Waals surface area contributed by atoms with Gasteiger partial charge in [-0.25, -0.2) is 4.79 Å². The molecule has 2 aromatic rings. The minimum atomic E-state index is -0.847. The molecule has 0 unspecified atom stereocenters. The molecular weight excluding hydrogens is 322 g/mol. The lowest BCUT2D eigenvalue weighted by Gasteiger charge is -2.07. The van der Waals surface area contributed by atoms with Crippen molar-refractivity contribution in [2.75, 3.05) is 12.4 Å². The van der Waals surface area contributed by atoms with E-state index in [4.69, 9.17) is 4.52 Å². The Balaban J connectivity index is 1.89. The van der Waals surface area contributed by atoms with Crippen LogP contribution in [0, 0.1) is 0 Å². The number of fused-ring (bicyclic) bond motifs is 1. The number of nitrogens with one attached hydrogen (secondary N) is 2. The average molecular weight is 335 g/mol. The van der Waals surface area contributed by atoms with Gasteiger partial charge in [0.05, 0.1) is 18.9 Å². The van der Waals surface area contributed by atoms with Crippen molar-refractivity contribution in [3.63, 3.8) is 0 Å². The summed E-state index contributed by atoms with van der Waals surface area (Å²) in [5.41, 5.74) is 1.17. The monoisotopic (exact) mass is 335 g/mol. The smallest absolute Gasteiger partial charge is 0.413 e. The molecule has 2 heterocycles. The number of ether oxygens (including phenoxy) is 1. The molecule has 0 saturated heterocycles. The van der Waals surface area contributed by atoms with Gasteiger partial charge in [-0.2, -0.15) is 0 Å². The van der Waals surface area contributed by atoms with Crippen LogP contribution in [0.15, 0.2) is 16.8 Å². The van der Waals surface area contributed by atoms with Crippen LogP contribution < -0.4 is 10.6 Å². The van der Waals surface area contributed by atoms with Crippen molar-refractivity contribution < 1.29 is 23.6 Å². The van der Waals surface area contributed by atoms with Crippen LogP contribution in [0.2, 0.25) is 0 Å². The summed E-state index contributed by atoms with van der Waals surface area (Å²) in [6.07, 6.45) is 3.02. The number of anilines is 1. The molecule has 0 saturated carbocycles. The zero-order valence-corrected chi connectivity index (χ0v) is 13.0. The van der Waals surface area contributed by atoms with Crippen LogP contribution in [0.1, 0.15) is 37.8 Å². The van der Waals surface area contributed by atoms with Crippen LogP contribution in [0.5, 0.6) is 0 Å². The lowest BCUT2D eigenvalue weighted by atomic mass is 10.1. The Hall–Kier alpha value is -2.68. The molecule has 8 nitrogen and oxygen atoms in total. The molecule has 0 atom stereocenters. The van der Waals surface area contributed by atoms with E-state index >= 15 is 0 Å². The van der Waals surface area contributed by atoms with Gasteiger partial charge in [0.1, 0.15) is 5.00 Å². The van der Waals surface area contributed by atoms with Crippen molar-refractivity contribution in [2.24, 2.45) is 0 Å². The number of amides is 3. The lowest BCUT2D eigenvalue weighted by Crippen LogP contribution is -2.31. The van der Waals surface area contributed by atoms with Gasteiger partial charge in [-0.3, -0.25) is 14.9 Å². The Morgan fingerprint density at radius 1 is 1.30 bits per heavy atom. The summed E-state index contributed by atoms with van der Waals surface area (Å²) in [5.74, 6) is -1.06. The molecule has 0 radical (unpaired) electrons. The molecule has 0 aliphatic heterocycles. The second-order valence-corrected chi connectivity index (χ2v) is 5.94. The minimum Gasteiger partial charge on any atom is -0.453 e. The van der Waals surface area contributed by atoms with Crippen molar-refractivity contribution in [3.05, 3.63) is 34.0 Å².